The minimum absolute atomic E-state index is 0.0831. The summed E-state index contributed by atoms with van der Waals surface area (Å²) < 4.78 is 5.11. The van der Waals surface area contributed by atoms with Crippen molar-refractivity contribution in [1.29, 1.82) is 0 Å². The highest BCUT2D eigenvalue weighted by atomic mass is 16.6. The van der Waals surface area contributed by atoms with Gasteiger partial charge in [0.2, 0.25) is 5.91 Å². The number of hydrogen-bond acceptors (Lipinski definition) is 4. The molecule has 1 aliphatic rings. The van der Waals surface area contributed by atoms with Crippen molar-refractivity contribution in [3.63, 3.8) is 0 Å². The van der Waals surface area contributed by atoms with Gasteiger partial charge in [-0.25, -0.2) is 9.59 Å². The van der Waals surface area contributed by atoms with Crippen molar-refractivity contribution < 1.29 is 24.2 Å². The zero-order valence-electron chi connectivity index (χ0n) is 11.1. The van der Waals surface area contributed by atoms with E-state index in [0.29, 0.717) is 0 Å². The van der Waals surface area contributed by atoms with Crippen LogP contribution in [0.25, 0.3) is 0 Å². The van der Waals surface area contributed by atoms with Gasteiger partial charge in [0.1, 0.15) is 19.3 Å². The van der Waals surface area contributed by atoms with Crippen LogP contribution in [0.3, 0.4) is 0 Å². The summed E-state index contributed by atoms with van der Waals surface area (Å²) in [6, 6.07) is 9.11. The Labute approximate surface area is 120 Å². The van der Waals surface area contributed by atoms with Gasteiger partial charge in [-0.05, 0) is 11.6 Å². The molecule has 0 aliphatic carbocycles. The number of carboxylic acid groups (broad SMARTS) is 1. The highest BCUT2D eigenvalue weighted by molar-refractivity contribution is 5.87. The van der Waals surface area contributed by atoms with Crippen molar-refractivity contribution in [2.45, 2.75) is 12.8 Å². The molecule has 0 bridgehead atoms. The van der Waals surface area contributed by atoms with E-state index >= 15 is 0 Å². The molecular formula is C14H14N2O5. The SMILES string of the molecule is O=C(O)C=CC1NC(=O)CN1C(=O)OCc1ccccc1. The number of hydrogen-bond donors (Lipinski definition) is 2. The second-order valence-corrected chi connectivity index (χ2v) is 4.38. The van der Waals surface area contributed by atoms with E-state index in [-0.39, 0.29) is 19.1 Å². The third-order valence-corrected chi connectivity index (χ3v) is 2.82. The summed E-state index contributed by atoms with van der Waals surface area (Å²) in [6.07, 6.45) is 0.596. The molecule has 1 heterocycles. The predicted octanol–water partition coefficient (Wildman–Crippen LogP) is 0.722. The highest BCUT2D eigenvalue weighted by Gasteiger charge is 2.32. The molecule has 2 rings (SSSR count). The number of carbonyl (C=O) groups is 3. The fourth-order valence-electron chi connectivity index (χ4n) is 1.85. The lowest BCUT2D eigenvalue weighted by Gasteiger charge is -2.19. The number of rotatable bonds is 4. The number of carbonyl (C=O) groups excluding carboxylic acids is 2. The van der Waals surface area contributed by atoms with E-state index < -0.39 is 18.2 Å². The molecular weight excluding hydrogens is 276 g/mol. The average molecular weight is 290 g/mol. The van der Waals surface area contributed by atoms with Crippen LogP contribution >= 0.6 is 0 Å². The fraction of sp³-hybridized carbons (Fsp3) is 0.214. The van der Waals surface area contributed by atoms with Crippen LogP contribution in [0, 0.1) is 0 Å². The lowest BCUT2D eigenvalue weighted by molar-refractivity contribution is -0.131. The van der Waals surface area contributed by atoms with Crippen molar-refractivity contribution >= 4 is 18.0 Å². The van der Waals surface area contributed by atoms with Crippen LogP contribution in [0.1, 0.15) is 5.56 Å². The third kappa shape index (κ3) is 4.07. The van der Waals surface area contributed by atoms with Crippen molar-refractivity contribution in [2.75, 3.05) is 6.54 Å². The first kappa shape index (κ1) is 14.6. The number of nitrogens with one attached hydrogen (secondary N) is 1. The Balaban J connectivity index is 1.96. The molecule has 1 saturated heterocycles. The zero-order valence-corrected chi connectivity index (χ0v) is 11.1. The van der Waals surface area contributed by atoms with Gasteiger partial charge in [-0.2, -0.15) is 0 Å². The van der Waals surface area contributed by atoms with Crippen LogP contribution in [-0.2, 0) is 20.9 Å². The number of ether oxygens (including phenoxy) is 1. The van der Waals surface area contributed by atoms with Gasteiger partial charge in [0.25, 0.3) is 0 Å². The van der Waals surface area contributed by atoms with Gasteiger partial charge in [-0.15, -0.1) is 0 Å². The molecule has 2 amide bonds. The Hall–Kier alpha value is -2.83. The summed E-state index contributed by atoms with van der Waals surface area (Å²) in [6.45, 7) is -0.0814. The molecule has 7 nitrogen and oxygen atoms in total. The fourth-order valence-corrected chi connectivity index (χ4v) is 1.85. The van der Waals surface area contributed by atoms with Crippen LogP contribution in [-0.4, -0.2) is 40.7 Å². The maximum Gasteiger partial charge on any atom is 0.412 e. The summed E-state index contributed by atoms with van der Waals surface area (Å²) in [4.78, 5) is 34.9. The number of amides is 2. The van der Waals surface area contributed by atoms with Crippen LogP contribution in [0.15, 0.2) is 42.5 Å². The summed E-state index contributed by atoms with van der Waals surface area (Å²) in [7, 11) is 0. The van der Waals surface area contributed by atoms with Crippen LogP contribution in [0.5, 0.6) is 0 Å². The van der Waals surface area contributed by atoms with Crippen LogP contribution in [0.4, 0.5) is 4.79 Å². The number of aliphatic carboxylic acids is 1. The molecule has 21 heavy (non-hydrogen) atoms. The van der Waals surface area contributed by atoms with E-state index in [1.165, 1.54) is 6.08 Å². The molecule has 1 unspecified atom stereocenters. The maximum absolute atomic E-state index is 11.9. The maximum atomic E-state index is 11.9. The summed E-state index contributed by atoms with van der Waals surface area (Å²) in [5.74, 6) is -1.53. The molecule has 0 saturated carbocycles. The molecule has 0 spiro atoms. The first-order chi connectivity index (χ1) is 10.1. The topological polar surface area (TPSA) is 95.9 Å². The first-order valence-corrected chi connectivity index (χ1v) is 6.24. The molecule has 1 fully saturated rings. The molecule has 7 heteroatoms. The molecule has 1 aromatic carbocycles. The van der Waals surface area contributed by atoms with Crippen LogP contribution < -0.4 is 5.32 Å². The Morgan fingerprint density at radius 3 is 2.76 bits per heavy atom. The van der Waals surface area contributed by atoms with Gasteiger partial charge in [0, 0.05) is 6.08 Å². The molecule has 110 valence electrons. The van der Waals surface area contributed by atoms with Crippen molar-refractivity contribution in [3.8, 4) is 0 Å². The van der Waals surface area contributed by atoms with Crippen molar-refractivity contribution in [2.24, 2.45) is 0 Å². The van der Waals surface area contributed by atoms with Gasteiger partial charge in [0.05, 0.1) is 0 Å². The van der Waals surface area contributed by atoms with Crippen LogP contribution in [0.2, 0.25) is 0 Å². The third-order valence-electron chi connectivity index (χ3n) is 2.82. The minimum atomic E-state index is -1.16. The average Bonchev–Trinajstić information content (AvgIpc) is 2.85. The first-order valence-electron chi connectivity index (χ1n) is 6.24. The van der Waals surface area contributed by atoms with E-state index in [1.807, 2.05) is 30.3 Å². The lowest BCUT2D eigenvalue weighted by atomic mass is 10.2. The van der Waals surface area contributed by atoms with Gasteiger partial charge in [-0.1, -0.05) is 30.3 Å². The normalized spacial score (nSPS) is 17.8. The van der Waals surface area contributed by atoms with Gasteiger partial charge in [0.15, 0.2) is 0 Å². The van der Waals surface area contributed by atoms with E-state index in [4.69, 9.17) is 9.84 Å². The number of carboxylic acids is 1. The monoisotopic (exact) mass is 290 g/mol. The summed E-state index contributed by atoms with van der Waals surface area (Å²) >= 11 is 0. The van der Waals surface area contributed by atoms with Gasteiger partial charge >= 0.3 is 12.1 Å². The molecule has 1 aromatic rings. The van der Waals surface area contributed by atoms with E-state index in [0.717, 1.165) is 16.5 Å². The van der Waals surface area contributed by atoms with Gasteiger partial charge < -0.3 is 15.2 Å². The Morgan fingerprint density at radius 1 is 1.38 bits per heavy atom. The number of nitrogens with zero attached hydrogens (tertiary/aromatic N) is 1. The Morgan fingerprint density at radius 2 is 2.10 bits per heavy atom. The Kier molecular flexibility index (Phi) is 4.55. The zero-order chi connectivity index (χ0) is 15.2. The molecule has 0 aromatic heterocycles. The molecule has 1 atom stereocenters. The molecule has 2 N–H and O–H groups in total. The number of benzene rings is 1. The smallest absolute Gasteiger partial charge is 0.412 e. The minimum Gasteiger partial charge on any atom is -0.478 e. The Bertz CT molecular complexity index is 570. The van der Waals surface area contributed by atoms with Gasteiger partial charge in [-0.3, -0.25) is 9.69 Å². The quantitative estimate of drug-likeness (QED) is 0.797. The summed E-state index contributed by atoms with van der Waals surface area (Å²) in [5, 5.41) is 11.1. The van der Waals surface area contributed by atoms with E-state index in [2.05, 4.69) is 5.32 Å². The summed E-state index contributed by atoms with van der Waals surface area (Å²) in [5.41, 5.74) is 0.821. The standard InChI is InChI=1S/C14H14N2O5/c17-12-8-16(11(15-12)6-7-13(18)19)14(20)21-9-10-4-2-1-3-5-10/h1-7,11H,8-9H2,(H,15,17)(H,18,19). The van der Waals surface area contributed by atoms with Crippen molar-refractivity contribution in [3.05, 3.63) is 48.0 Å². The molecule has 1 aliphatic heterocycles. The van der Waals surface area contributed by atoms with E-state index in [9.17, 15) is 14.4 Å². The van der Waals surface area contributed by atoms with E-state index in [1.54, 1.807) is 0 Å². The highest BCUT2D eigenvalue weighted by Crippen LogP contribution is 2.10. The second kappa shape index (κ2) is 6.56. The largest absolute Gasteiger partial charge is 0.478 e. The van der Waals surface area contributed by atoms with Crippen molar-refractivity contribution in [1.82, 2.24) is 10.2 Å². The predicted molar refractivity (Wildman–Crippen MR) is 72.0 cm³/mol. The second-order valence-electron chi connectivity index (χ2n) is 4.38. The lowest BCUT2D eigenvalue weighted by Crippen LogP contribution is -2.39. The molecule has 0 radical (unpaired) electrons.